The smallest absolute Gasteiger partial charge is 0.358 e. The molecule has 2 N–H and O–H groups in total. The molecule has 3 aromatic rings. The molecule has 3 rings (SSSR count). The first-order chi connectivity index (χ1) is 11.1. The van der Waals surface area contributed by atoms with Crippen molar-refractivity contribution in [3.05, 3.63) is 54.4 Å². The van der Waals surface area contributed by atoms with Gasteiger partial charge in [-0.25, -0.2) is 9.78 Å². The Morgan fingerprint density at radius 2 is 1.70 bits per heavy atom. The molecule has 6 nitrogen and oxygen atoms in total. The number of carbonyl (C=O) groups is 1. The molecule has 0 fully saturated rings. The molecule has 6 heteroatoms. The number of aromatic hydroxyl groups is 1. The summed E-state index contributed by atoms with van der Waals surface area (Å²) in [6, 6.07) is 12.0. The minimum absolute atomic E-state index is 0.356. The normalized spacial score (nSPS) is 10.5. The number of pyridine rings is 1. The monoisotopic (exact) mass is 311 g/mol. The van der Waals surface area contributed by atoms with E-state index in [2.05, 4.69) is 4.98 Å². The Morgan fingerprint density at radius 1 is 1.04 bits per heavy atom. The molecular formula is C17H13NO5. The first kappa shape index (κ1) is 14.6. The zero-order valence-corrected chi connectivity index (χ0v) is 12.2. The number of benzene rings is 2. The Balaban J connectivity index is 1.93. The maximum Gasteiger partial charge on any atom is 0.358 e. The van der Waals surface area contributed by atoms with Gasteiger partial charge in [0.15, 0.2) is 11.4 Å². The predicted octanol–water partition coefficient (Wildman–Crippen LogP) is 3.44. The van der Waals surface area contributed by atoms with Crippen LogP contribution in [0.1, 0.15) is 10.5 Å². The van der Waals surface area contributed by atoms with E-state index in [0.717, 1.165) is 5.75 Å². The zero-order chi connectivity index (χ0) is 16.4. The van der Waals surface area contributed by atoms with Crippen LogP contribution in [0.4, 0.5) is 0 Å². The fourth-order valence-electron chi connectivity index (χ4n) is 2.19. The van der Waals surface area contributed by atoms with Crippen molar-refractivity contribution in [1.82, 2.24) is 4.98 Å². The van der Waals surface area contributed by atoms with Crippen LogP contribution >= 0.6 is 0 Å². The molecule has 0 aliphatic rings. The van der Waals surface area contributed by atoms with Crippen molar-refractivity contribution >= 4 is 16.7 Å². The lowest BCUT2D eigenvalue weighted by Crippen LogP contribution is -2.00. The average molecular weight is 311 g/mol. The van der Waals surface area contributed by atoms with Crippen molar-refractivity contribution < 1.29 is 24.5 Å². The number of rotatable bonds is 4. The van der Waals surface area contributed by atoms with Crippen LogP contribution < -0.4 is 9.47 Å². The molecule has 116 valence electrons. The van der Waals surface area contributed by atoms with Gasteiger partial charge in [0.1, 0.15) is 17.2 Å². The molecule has 2 aromatic carbocycles. The fourth-order valence-corrected chi connectivity index (χ4v) is 2.19. The van der Waals surface area contributed by atoms with E-state index in [9.17, 15) is 9.90 Å². The minimum Gasteiger partial charge on any atom is -0.505 e. The lowest BCUT2D eigenvalue weighted by Gasteiger charge is -2.09. The molecule has 0 atom stereocenters. The second-order valence-electron chi connectivity index (χ2n) is 4.79. The maximum atomic E-state index is 11.0. The van der Waals surface area contributed by atoms with E-state index in [1.165, 1.54) is 6.20 Å². The first-order valence-corrected chi connectivity index (χ1v) is 6.75. The molecule has 0 radical (unpaired) electrons. The molecule has 1 heterocycles. The van der Waals surface area contributed by atoms with Crippen LogP contribution in [0.2, 0.25) is 0 Å². The lowest BCUT2D eigenvalue weighted by atomic mass is 10.1. The standard InChI is InChI=1S/C17H13NO5/c1-22-11-2-4-12(5-3-11)23-13-6-7-14-10(8-13)9-18-15(16(14)19)17(20)21/h2-9,19H,1H3,(H,20,21). The zero-order valence-electron chi connectivity index (χ0n) is 12.2. The van der Waals surface area contributed by atoms with Gasteiger partial charge in [0.25, 0.3) is 0 Å². The Morgan fingerprint density at radius 3 is 2.35 bits per heavy atom. The van der Waals surface area contributed by atoms with E-state index in [1.807, 2.05) is 0 Å². The quantitative estimate of drug-likeness (QED) is 0.767. The van der Waals surface area contributed by atoms with Crippen molar-refractivity contribution in [2.75, 3.05) is 7.11 Å². The number of hydrogen-bond acceptors (Lipinski definition) is 5. The maximum absolute atomic E-state index is 11.0. The number of methoxy groups -OCH3 is 1. The second-order valence-corrected chi connectivity index (χ2v) is 4.79. The summed E-state index contributed by atoms with van der Waals surface area (Å²) < 4.78 is 10.8. The van der Waals surface area contributed by atoms with Crippen molar-refractivity contribution in [2.24, 2.45) is 0 Å². The highest BCUT2D eigenvalue weighted by Crippen LogP contribution is 2.31. The molecule has 23 heavy (non-hydrogen) atoms. The predicted molar refractivity (Wildman–Crippen MR) is 83.4 cm³/mol. The van der Waals surface area contributed by atoms with Crippen LogP contribution in [0.5, 0.6) is 23.0 Å². The lowest BCUT2D eigenvalue weighted by molar-refractivity contribution is 0.0687. The number of aromatic nitrogens is 1. The molecule has 1 aromatic heterocycles. The number of hydrogen-bond donors (Lipinski definition) is 2. The van der Waals surface area contributed by atoms with Crippen LogP contribution in [0.3, 0.4) is 0 Å². The first-order valence-electron chi connectivity index (χ1n) is 6.75. The van der Waals surface area contributed by atoms with E-state index in [4.69, 9.17) is 14.6 Å². The van der Waals surface area contributed by atoms with Crippen molar-refractivity contribution in [2.45, 2.75) is 0 Å². The van der Waals surface area contributed by atoms with Crippen molar-refractivity contribution in [3.8, 4) is 23.0 Å². The number of carboxylic acid groups (broad SMARTS) is 1. The molecule has 0 aliphatic heterocycles. The van der Waals surface area contributed by atoms with Gasteiger partial charge in [0, 0.05) is 17.0 Å². The summed E-state index contributed by atoms with van der Waals surface area (Å²) >= 11 is 0. The Bertz CT molecular complexity index is 874. The molecule has 0 saturated heterocycles. The van der Waals surface area contributed by atoms with Crippen LogP contribution in [0.25, 0.3) is 10.8 Å². The van der Waals surface area contributed by atoms with Crippen molar-refractivity contribution in [3.63, 3.8) is 0 Å². The van der Waals surface area contributed by atoms with Crippen molar-refractivity contribution in [1.29, 1.82) is 0 Å². The number of carboxylic acids is 1. The fraction of sp³-hybridized carbons (Fsp3) is 0.0588. The number of nitrogens with zero attached hydrogens (tertiary/aromatic N) is 1. The van der Waals surface area contributed by atoms with Crippen LogP contribution in [-0.4, -0.2) is 28.3 Å². The minimum atomic E-state index is -1.28. The summed E-state index contributed by atoms with van der Waals surface area (Å²) in [5.74, 6) is 0.275. The summed E-state index contributed by atoms with van der Waals surface area (Å²) in [7, 11) is 1.59. The number of fused-ring (bicyclic) bond motifs is 1. The van der Waals surface area contributed by atoms with Gasteiger partial charge >= 0.3 is 5.97 Å². The summed E-state index contributed by atoms with van der Waals surface area (Å²) in [4.78, 5) is 14.7. The topological polar surface area (TPSA) is 88.9 Å². The third-order valence-corrected chi connectivity index (χ3v) is 3.33. The molecular weight excluding hydrogens is 298 g/mol. The van der Waals surface area contributed by atoms with Crippen LogP contribution in [0, 0.1) is 0 Å². The van der Waals surface area contributed by atoms with Gasteiger partial charge in [-0.3, -0.25) is 0 Å². The van der Waals surface area contributed by atoms with Gasteiger partial charge in [0.2, 0.25) is 0 Å². The largest absolute Gasteiger partial charge is 0.505 e. The summed E-state index contributed by atoms with van der Waals surface area (Å²) in [6.45, 7) is 0. The molecule has 0 spiro atoms. The third kappa shape index (κ3) is 2.87. The van der Waals surface area contributed by atoms with Crippen LogP contribution in [0.15, 0.2) is 48.7 Å². The number of ether oxygens (including phenoxy) is 2. The van der Waals surface area contributed by atoms with E-state index >= 15 is 0 Å². The molecule has 0 aliphatic carbocycles. The van der Waals surface area contributed by atoms with Gasteiger partial charge < -0.3 is 19.7 Å². The number of aromatic carboxylic acids is 1. The Kier molecular flexibility index (Phi) is 3.72. The van der Waals surface area contributed by atoms with E-state index < -0.39 is 5.97 Å². The Hall–Kier alpha value is -3.28. The van der Waals surface area contributed by atoms with Crippen LogP contribution in [-0.2, 0) is 0 Å². The molecule has 0 unspecified atom stereocenters. The SMILES string of the molecule is COc1ccc(Oc2ccc3c(O)c(C(=O)O)ncc3c2)cc1. The van der Waals surface area contributed by atoms with Gasteiger partial charge in [0.05, 0.1) is 7.11 Å². The van der Waals surface area contributed by atoms with Gasteiger partial charge in [-0.15, -0.1) is 0 Å². The van der Waals surface area contributed by atoms with E-state index in [1.54, 1.807) is 49.6 Å². The highest BCUT2D eigenvalue weighted by molar-refractivity contribution is 5.98. The van der Waals surface area contributed by atoms with Gasteiger partial charge in [-0.1, -0.05) is 0 Å². The molecule has 0 amide bonds. The third-order valence-electron chi connectivity index (χ3n) is 3.33. The average Bonchev–Trinajstić information content (AvgIpc) is 2.55. The highest BCUT2D eigenvalue weighted by atomic mass is 16.5. The summed E-state index contributed by atoms with van der Waals surface area (Å²) in [5.41, 5.74) is -0.374. The highest BCUT2D eigenvalue weighted by Gasteiger charge is 2.14. The second kappa shape index (κ2) is 5.84. The molecule has 0 bridgehead atoms. The van der Waals surface area contributed by atoms with E-state index in [-0.39, 0.29) is 11.4 Å². The molecule has 0 saturated carbocycles. The summed E-state index contributed by atoms with van der Waals surface area (Å²) in [6.07, 6.45) is 1.39. The Labute approximate surface area is 131 Å². The summed E-state index contributed by atoms with van der Waals surface area (Å²) in [5, 5.41) is 19.9. The van der Waals surface area contributed by atoms with E-state index in [0.29, 0.717) is 22.3 Å². The van der Waals surface area contributed by atoms with Gasteiger partial charge in [-0.05, 0) is 42.5 Å². The van der Waals surface area contributed by atoms with Gasteiger partial charge in [-0.2, -0.15) is 0 Å².